The minimum atomic E-state index is -0.124. The molecule has 2 rings (SSSR count). The first kappa shape index (κ1) is 16.0. The van der Waals surface area contributed by atoms with Crippen molar-refractivity contribution in [2.24, 2.45) is 0 Å². The van der Waals surface area contributed by atoms with Crippen LogP contribution in [0.25, 0.3) is 0 Å². The second-order valence-corrected chi connectivity index (χ2v) is 6.13. The zero-order valence-corrected chi connectivity index (χ0v) is 13.4. The van der Waals surface area contributed by atoms with Crippen molar-refractivity contribution in [2.45, 2.75) is 64.5 Å². The largest absolute Gasteiger partial charge is 0.496 e. The Kier molecular flexibility index (Phi) is 5.80. The molecule has 21 heavy (non-hydrogen) atoms. The van der Waals surface area contributed by atoms with E-state index >= 15 is 0 Å². The van der Waals surface area contributed by atoms with Gasteiger partial charge in [-0.2, -0.15) is 0 Å². The van der Waals surface area contributed by atoms with Gasteiger partial charge in [0.25, 0.3) is 0 Å². The molecule has 0 heterocycles. The van der Waals surface area contributed by atoms with Crippen molar-refractivity contribution in [3.8, 4) is 5.75 Å². The van der Waals surface area contributed by atoms with Crippen molar-refractivity contribution in [3.63, 3.8) is 0 Å². The van der Waals surface area contributed by atoms with Gasteiger partial charge in [0.1, 0.15) is 5.75 Å². The topological polar surface area (TPSA) is 38.3 Å². The fraction of sp³-hybridized carbons (Fsp3) is 0.611. The summed E-state index contributed by atoms with van der Waals surface area (Å²) in [7, 11) is 1.65. The summed E-state index contributed by atoms with van der Waals surface area (Å²) in [6, 6.07) is 6.03. The lowest BCUT2D eigenvalue weighted by molar-refractivity contribution is 0.0942. The van der Waals surface area contributed by atoms with Gasteiger partial charge >= 0.3 is 0 Å². The normalized spacial score (nSPS) is 18.0. The van der Waals surface area contributed by atoms with Gasteiger partial charge in [-0.05, 0) is 50.5 Å². The summed E-state index contributed by atoms with van der Waals surface area (Å²) >= 11 is 0. The minimum Gasteiger partial charge on any atom is -0.496 e. The maximum Gasteiger partial charge on any atom is 0.179 e. The molecule has 3 heteroatoms. The van der Waals surface area contributed by atoms with Crippen molar-refractivity contribution in [3.05, 3.63) is 29.3 Å². The number of ether oxygens (including phenoxy) is 1. The standard InChI is InChI=1S/C18H27NO2/c1-13-12-15(10-11-17(13)21-3)18(20)14(2)19-16-8-6-4-5-7-9-16/h10-12,14,16,19H,4-9H2,1-3H3. The van der Waals surface area contributed by atoms with E-state index in [0.717, 1.165) is 16.9 Å². The average Bonchev–Trinajstić information content (AvgIpc) is 2.75. The molecule has 1 fully saturated rings. The maximum absolute atomic E-state index is 12.6. The van der Waals surface area contributed by atoms with Crippen LogP contribution in [-0.2, 0) is 0 Å². The average molecular weight is 289 g/mol. The number of aryl methyl sites for hydroxylation is 1. The highest BCUT2D eigenvalue weighted by Crippen LogP contribution is 2.21. The Bertz CT molecular complexity index is 476. The van der Waals surface area contributed by atoms with Crippen LogP contribution in [0.1, 0.15) is 61.4 Å². The molecule has 116 valence electrons. The molecular formula is C18H27NO2. The van der Waals surface area contributed by atoms with E-state index in [-0.39, 0.29) is 11.8 Å². The summed E-state index contributed by atoms with van der Waals surface area (Å²) in [6.45, 7) is 3.95. The Morgan fingerprint density at radius 1 is 1.24 bits per heavy atom. The smallest absolute Gasteiger partial charge is 0.179 e. The zero-order valence-electron chi connectivity index (χ0n) is 13.4. The van der Waals surface area contributed by atoms with Gasteiger partial charge in [0.15, 0.2) is 5.78 Å². The van der Waals surface area contributed by atoms with Crippen molar-refractivity contribution >= 4 is 5.78 Å². The van der Waals surface area contributed by atoms with Gasteiger partial charge in [-0.15, -0.1) is 0 Å². The van der Waals surface area contributed by atoms with Crippen molar-refractivity contribution < 1.29 is 9.53 Å². The van der Waals surface area contributed by atoms with E-state index in [9.17, 15) is 4.79 Å². The molecule has 0 radical (unpaired) electrons. The molecule has 1 saturated carbocycles. The van der Waals surface area contributed by atoms with Crippen molar-refractivity contribution in [1.29, 1.82) is 0 Å². The van der Waals surface area contributed by atoms with E-state index in [1.807, 2.05) is 32.0 Å². The first-order valence-corrected chi connectivity index (χ1v) is 8.06. The molecule has 3 nitrogen and oxygen atoms in total. The molecule has 0 amide bonds. The molecule has 0 spiro atoms. The fourth-order valence-electron chi connectivity index (χ4n) is 3.16. The Labute approximate surface area is 128 Å². The Balaban J connectivity index is 1.99. The summed E-state index contributed by atoms with van der Waals surface area (Å²) in [5.41, 5.74) is 1.77. The monoisotopic (exact) mass is 289 g/mol. The molecule has 0 aromatic heterocycles. The predicted molar refractivity (Wildman–Crippen MR) is 86.1 cm³/mol. The zero-order chi connectivity index (χ0) is 15.2. The third-order valence-electron chi connectivity index (χ3n) is 4.41. The third kappa shape index (κ3) is 4.31. The summed E-state index contributed by atoms with van der Waals surface area (Å²) in [5.74, 6) is 1.00. The van der Waals surface area contributed by atoms with E-state index in [4.69, 9.17) is 4.74 Å². The summed E-state index contributed by atoms with van der Waals surface area (Å²) in [6.07, 6.45) is 7.61. The van der Waals surface area contributed by atoms with Crippen LogP contribution in [0.4, 0.5) is 0 Å². The van der Waals surface area contributed by atoms with Crippen LogP contribution in [0.5, 0.6) is 5.75 Å². The van der Waals surface area contributed by atoms with Gasteiger partial charge in [-0.1, -0.05) is 25.7 Å². The van der Waals surface area contributed by atoms with Gasteiger partial charge in [-0.3, -0.25) is 4.79 Å². The third-order valence-corrected chi connectivity index (χ3v) is 4.41. The summed E-state index contributed by atoms with van der Waals surface area (Å²) in [5, 5.41) is 3.52. The van der Waals surface area contributed by atoms with Crippen molar-refractivity contribution in [2.75, 3.05) is 7.11 Å². The number of carbonyl (C=O) groups excluding carboxylic acids is 1. The molecule has 0 saturated heterocycles. The van der Waals surface area contributed by atoms with Crippen molar-refractivity contribution in [1.82, 2.24) is 5.32 Å². The summed E-state index contributed by atoms with van der Waals surface area (Å²) in [4.78, 5) is 12.6. The lowest BCUT2D eigenvalue weighted by atomic mass is 10.0. The number of ketones is 1. The molecule has 1 aliphatic carbocycles. The predicted octanol–water partition coefficient (Wildman–Crippen LogP) is 3.89. The maximum atomic E-state index is 12.6. The van der Waals surface area contributed by atoms with Gasteiger partial charge in [-0.25, -0.2) is 0 Å². The molecule has 1 unspecified atom stereocenters. The molecule has 0 bridgehead atoms. The first-order valence-electron chi connectivity index (χ1n) is 8.06. The van der Waals surface area contributed by atoms with E-state index in [2.05, 4.69) is 5.32 Å². The molecule has 1 aromatic rings. The number of carbonyl (C=O) groups is 1. The highest BCUT2D eigenvalue weighted by Gasteiger charge is 2.20. The molecular weight excluding hydrogens is 262 g/mol. The first-order chi connectivity index (χ1) is 10.1. The van der Waals surface area contributed by atoms with E-state index in [1.165, 1.54) is 38.5 Å². The number of hydrogen-bond donors (Lipinski definition) is 1. The van der Waals surface area contributed by atoms with Gasteiger partial charge in [0, 0.05) is 11.6 Å². The highest BCUT2D eigenvalue weighted by atomic mass is 16.5. The van der Waals surface area contributed by atoms with E-state index in [0.29, 0.717) is 6.04 Å². The second-order valence-electron chi connectivity index (χ2n) is 6.13. The highest BCUT2D eigenvalue weighted by molar-refractivity contribution is 6.00. The lowest BCUT2D eigenvalue weighted by Gasteiger charge is -2.21. The Morgan fingerprint density at radius 3 is 2.48 bits per heavy atom. The van der Waals surface area contributed by atoms with Crippen LogP contribution in [0, 0.1) is 6.92 Å². The van der Waals surface area contributed by atoms with Crippen LogP contribution in [-0.4, -0.2) is 25.0 Å². The Morgan fingerprint density at radius 2 is 1.90 bits per heavy atom. The van der Waals surface area contributed by atoms with Gasteiger partial charge in [0.2, 0.25) is 0 Å². The van der Waals surface area contributed by atoms with Crippen LogP contribution >= 0.6 is 0 Å². The number of Topliss-reactive ketones (excluding diaryl/α,β-unsaturated/α-hetero) is 1. The second kappa shape index (κ2) is 7.60. The number of rotatable bonds is 5. The number of methoxy groups -OCH3 is 1. The number of hydrogen-bond acceptors (Lipinski definition) is 3. The van der Waals surface area contributed by atoms with Gasteiger partial charge < -0.3 is 10.1 Å². The van der Waals surface area contributed by atoms with E-state index in [1.54, 1.807) is 7.11 Å². The van der Waals surface area contributed by atoms with Crippen LogP contribution in [0.3, 0.4) is 0 Å². The quantitative estimate of drug-likeness (QED) is 0.660. The Hall–Kier alpha value is -1.35. The SMILES string of the molecule is COc1ccc(C(=O)C(C)NC2CCCCCC2)cc1C. The van der Waals surface area contributed by atoms with Crippen LogP contribution in [0.15, 0.2) is 18.2 Å². The summed E-state index contributed by atoms with van der Waals surface area (Å²) < 4.78 is 5.25. The molecule has 1 aliphatic rings. The minimum absolute atomic E-state index is 0.124. The molecule has 0 aliphatic heterocycles. The number of benzene rings is 1. The van der Waals surface area contributed by atoms with Gasteiger partial charge in [0.05, 0.1) is 13.2 Å². The van der Waals surface area contributed by atoms with Crippen LogP contribution < -0.4 is 10.1 Å². The molecule has 1 aromatic carbocycles. The lowest BCUT2D eigenvalue weighted by Crippen LogP contribution is -2.41. The van der Waals surface area contributed by atoms with E-state index < -0.39 is 0 Å². The molecule has 1 N–H and O–H groups in total. The fourth-order valence-corrected chi connectivity index (χ4v) is 3.16. The molecule has 1 atom stereocenters. The number of nitrogens with one attached hydrogen (secondary N) is 1. The van der Waals surface area contributed by atoms with Crippen LogP contribution in [0.2, 0.25) is 0 Å².